The van der Waals surface area contributed by atoms with Crippen molar-refractivity contribution in [3.63, 3.8) is 0 Å². The first-order chi connectivity index (χ1) is 12.2. The second-order valence-corrected chi connectivity index (χ2v) is 8.37. The minimum atomic E-state index is -0.370. The Morgan fingerprint density at radius 3 is 1.48 bits per heavy atom. The average Bonchev–Trinajstić information content (AvgIpc) is 2.90. The molecular weight excluding hydrogens is 352 g/mol. The highest BCUT2D eigenvalue weighted by molar-refractivity contribution is 8.06. The van der Waals surface area contributed by atoms with Crippen molar-refractivity contribution in [3.05, 3.63) is 70.5 Å². The van der Waals surface area contributed by atoms with Crippen LogP contribution in [0.1, 0.15) is 12.8 Å². The number of carbonyl (C=O) groups is 2. The molecule has 1 fully saturated rings. The quantitative estimate of drug-likeness (QED) is 0.568. The van der Waals surface area contributed by atoms with Crippen LogP contribution < -0.4 is 0 Å². The van der Waals surface area contributed by atoms with E-state index in [0.717, 1.165) is 19.6 Å². The molecule has 1 saturated heterocycles. The van der Waals surface area contributed by atoms with Crippen molar-refractivity contribution in [1.29, 1.82) is 0 Å². The lowest BCUT2D eigenvalue weighted by Crippen LogP contribution is -2.22. The molecule has 0 N–H and O–H groups in total. The summed E-state index contributed by atoms with van der Waals surface area (Å²) in [7, 11) is 0. The lowest BCUT2D eigenvalue weighted by Gasteiger charge is -2.25. The van der Waals surface area contributed by atoms with E-state index in [2.05, 4.69) is 24.3 Å². The molecule has 2 aromatic rings. The summed E-state index contributed by atoms with van der Waals surface area (Å²) in [5, 5.41) is 0. The molecule has 2 aromatic carbocycles. The largest absolute Gasteiger partial charge is 0.393 e. The molecule has 0 spiro atoms. The number of thioether (sulfide) groups is 2. The first kappa shape index (κ1) is 16.5. The summed E-state index contributed by atoms with van der Waals surface area (Å²) < 4.78 is 4.88. The van der Waals surface area contributed by atoms with Gasteiger partial charge in [-0.2, -0.15) is 0 Å². The summed E-state index contributed by atoms with van der Waals surface area (Å²) in [5.74, 6) is -1.41. The molecule has 0 saturated carbocycles. The number of benzene rings is 2. The van der Waals surface area contributed by atoms with Crippen LogP contribution in [0.3, 0.4) is 0 Å². The van der Waals surface area contributed by atoms with Crippen molar-refractivity contribution in [2.75, 3.05) is 0 Å². The average molecular weight is 368 g/mol. The number of hydrogen-bond acceptors (Lipinski definition) is 5. The summed E-state index contributed by atoms with van der Waals surface area (Å²) in [6, 6.07) is 20.2. The van der Waals surface area contributed by atoms with Gasteiger partial charge in [0.2, 0.25) is 0 Å². The number of fused-ring (bicyclic) bond motifs is 1. The summed E-state index contributed by atoms with van der Waals surface area (Å²) in [6.45, 7) is 0. The van der Waals surface area contributed by atoms with E-state index in [1.54, 1.807) is 23.5 Å². The van der Waals surface area contributed by atoms with Gasteiger partial charge in [-0.05, 0) is 37.1 Å². The van der Waals surface area contributed by atoms with Crippen molar-refractivity contribution in [3.8, 4) is 0 Å². The van der Waals surface area contributed by atoms with Gasteiger partial charge < -0.3 is 4.74 Å². The van der Waals surface area contributed by atoms with Gasteiger partial charge in [0.25, 0.3) is 0 Å². The molecule has 0 radical (unpaired) electrons. The Hall–Kier alpha value is -1.98. The maximum Gasteiger partial charge on any atom is 0.317 e. The monoisotopic (exact) mass is 368 g/mol. The van der Waals surface area contributed by atoms with Crippen molar-refractivity contribution < 1.29 is 14.3 Å². The Kier molecular flexibility index (Phi) is 4.68. The molecule has 2 aliphatic rings. The van der Waals surface area contributed by atoms with E-state index in [9.17, 15) is 9.59 Å². The number of rotatable bonds is 4. The van der Waals surface area contributed by atoms with Gasteiger partial charge in [0.1, 0.15) is 0 Å². The molecule has 1 heterocycles. The molecule has 0 unspecified atom stereocenters. The fourth-order valence-electron chi connectivity index (χ4n) is 3.12. The van der Waals surface area contributed by atoms with Gasteiger partial charge in [-0.25, -0.2) is 0 Å². The summed E-state index contributed by atoms with van der Waals surface area (Å²) in [5.41, 5.74) is 0. The third-order valence-electron chi connectivity index (χ3n) is 4.38. The number of hydrogen-bond donors (Lipinski definition) is 0. The van der Waals surface area contributed by atoms with Crippen LogP contribution >= 0.6 is 23.5 Å². The van der Waals surface area contributed by atoms with E-state index in [1.807, 2.05) is 36.4 Å². The van der Waals surface area contributed by atoms with E-state index in [4.69, 9.17) is 4.74 Å². The lowest BCUT2D eigenvalue weighted by molar-refractivity contribution is -0.153. The van der Waals surface area contributed by atoms with E-state index in [1.165, 1.54) is 0 Å². The fraction of sp³-hybridized carbons (Fsp3) is 0.200. The third-order valence-corrected chi connectivity index (χ3v) is 6.85. The van der Waals surface area contributed by atoms with Gasteiger partial charge in [-0.15, -0.1) is 0 Å². The molecule has 0 bridgehead atoms. The standard InChI is InChI=1S/C20H16O3S2/c21-19-15-11-17(24-13-7-3-1-4-8-13)18(12-16(15)20(22)23-19)25-14-9-5-2-6-10-14/h1-10,15-16H,11-12H2/t15-,16+. The van der Waals surface area contributed by atoms with Crippen molar-refractivity contribution in [2.45, 2.75) is 22.6 Å². The molecule has 25 heavy (non-hydrogen) atoms. The Morgan fingerprint density at radius 1 is 0.680 bits per heavy atom. The van der Waals surface area contributed by atoms with Crippen LogP contribution in [0.15, 0.2) is 80.3 Å². The predicted octanol–water partition coefficient (Wildman–Crippen LogP) is 4.89. The second-order valence-electron chi connectivity index (χ2n) is 6.04. The van der Waals surface area contributed by atoms with Crippen LogP contribution in [-0.4, -0.2) is 11.9 Å². The highest BCUT2D eigenvalue weighted by Crippen LogP contribution is 2.50. The SMILES string of the molecule is O=C1OC(=O)[C@@H]2CC(Sc3ccccc3)=C(Sc3ccccc3)C[C@H]12. The zero-order valence-corrected chi connectivity index (χ0v) is 15.0. The molecule has 4 rings (SSSR count). The summed E-state index contributed by atoms with van der Waals surface area (Å²) in [6.07, 6.45) is 1.15. The first-order valence-corrected chi connectivity index (χ1v) is 9.77. The van der Waals surface area contributed by atoms with Gasteiger partial charge in [-0.1, -0.05) is 59.9 Å². The first-order valence-electron chi connectivity index (χ1n) is 8.14. The zero-order valence-electron chi connectivity index (χ0n) is 13.4. The fourth-order valence-corrected chi connectivity index (χ4v) is 5.44. The number of cyclic esters (lactones) is 2. The van der Waals surface area contributed by atoms with E-state index in [0.29, 0.717) is 12.8 Å². The number of allylic oxidation sites excluding steroid dienone is 2. The maximum atomic E-state index is 12.0. The zero-order chi connectivity index (χ0) is 17.2. The minimum absolute atomic E-state index is 0.334. The predicted molar refractivity (Wildman–Crippen MR) is 98.9 cm³/mol. The summed E-state index contributed by atoms with van der Waals surface area (Å²) in [4.78, 5) is 28.6. The normalized spacial score (nSPS) is 22.7. The number of esters is 2. The van der Waals surface area contributed by atoms with Crippen LogP contribution in [0.2, 0.25) is 0 Å². The maximum absolute atomic E-state index is 12.0. The lowest BCUT2D eigenvalue weighted by atomic mass is 9.85. The van der Waals surface area contributed by atoms with Crippen molar-refractivity contribution in [1.82, 2.24) is 0 Å². The van der Waals surface area contributed by atoms with Crippen LogP contribution in [0.5, 0.6) is 0 Å². The molecule has 0 aromatic heterocycles. The Labute approximate surface area is 154 Å². The van der Waals surface area contributed by atoms with Gasteiger partial charge in [-0.3, -0.25) is 9.59 Å². The second kappa shape index (κ2) is 7.10. The molecule has 2 atom stereocenters. The molecule has 126 valence electrons. The minimum Gasteiger partial charge on any atom is -0.393 e. The van der Waals surface area contributed by atoms with E-state index < -0.39 is 0 Å². The van der Waals surface area contributed by atoms with Crippen LogP contribution in [0.4, 0.5) is 0 Å². The Morgan fingerprint density at radius 2 is 1.08 bits per heavy atom. The van der Waals surface area contributed by atoms with Gasteiger partial charge in [0.05, 0.1) is 11.8 Å². The van der Waals surface area contributed by atoms with Gasteiger partial charge in [0, 0.05) is 19.6 Å². The van der Waals surface area contributed by atoms with Crippen LogP contribution in [0, 0.1) is 11.8 Å². The molecule has 0 amide bonds. The number of ether oxygens (including phenoxy) is 1. The highest BCUT2D eigenvalue weighted by Gasteiger charge is 2.47. The molecule has 5 heteroatoms. The molecule has 1 aliphatic carbocycles. The molecular formula is C20H16O3S2. The number of carbonyl (C=O) groups excluding carboxylic acids is 2. The topological polar surface area (TPSA) is 43.4 Å². The van der Waals surface area contributed by atoms with E-state index in [-0.39, 0.29) is 23.8 Å². The van der Waals surface area contributed by atoms with Crippen molar-refractivity contribution in [2.24, 2.45) is 11.8 Å². The third kappa shape index (κ3) is 3.53. The Balaban J connectivity index is 1.67. The van der Waals surface area contributed by atoms with Crippen LogP contribution in [0.25, 0.3) is 0 Å². The van der Waals surface area contributed by atoms with Crippen LogP contribution in [-0.2, 0) is 14.3 Å². The van der Waals surface area contributed by atoms with Crippen molar-refractivity contribution >= 4 is 35.5 Å². The van der Waals surface area contributed by atoms with E-state index >= 15 is 0 Å². The molecule has 1 aliphatic heterocycles. The smallest absolute Gasteiger partial charge is 0.317 e. The summed E-state index contributed by atoms with van der Waals surface area (Å²) >= 11 is 3.37. The molecule has 3 nitrogen and oxygen atoms in total. The van der Waals surface area contributed by atoms with Gasteiger partial charge >= 0.3 is 11.9 Å². The Bertz CT molecular complexity index is 761. The highest BCUT2D eigenvalue weighted by atomic mass is 32.2. The van der Waals surface area contributed by atoms with Gasteiger partial charge in [0.15, 0.2) is 0 Å².